The molecular formula is C50H93NO5. The van der Waals surface area contributed by atoms with Crippen LogP contribution in [0.25, 0.3) is 0 Å². The Morgan fingerprint density at radius 1 is 0.518 bits per heavy atom. The van der Waals surface area contributed by atoms with Gasteiger partial charge in [0, 0.05) is 6.42 Å². The average molecular weight is 788 g/mol. The van der Waals surface area contributed by atoms with Crippen LogP contribution in [0, 0.1) is 0 Å². The first-order valence-electron chi connectivity index (χ1n) is 24.2. The second-order valence-corrected chi connectivity index (χ2v) is 16.6. The van der Waals surface area contributed by atoms with Crippen molar-refractivity contribution in [1.29, 1.82) is 0 Å². The summed E-state index contributed by atoms with van der Waals surface area (Å²) in [5, 5.41) is 23.6. The number of allylic oxidation sites excluding steroid dienone is 6. The first kappa shape index (κ1) is 54.1. The second kappa shape index (κ2) is 44.2. The molecular weight excluding hydrogens is 695 g/mol. The number of aliphatic hydroxyl groups is 2. The molecule has 0 heterocycles. The van der Waals surface area contributed by atoms with Gasteiger partial charge in [-0.05, 0) is 51.4 Å². The zero-order chi connectivity index (χ0) is 41.0. The fourth-order valence-electron chi connectivity index (χ4n) is 7.31. The molecule has 0 aromatic rings. The first-order valence-corrected chi connectivity index (χ1v) is 24.2. The molecule has 3 atom stereocenters. The highest BCUT2D eigenvalue weighted by Gasteiger charge is 2.24. The number of hydrogen-bond acceptors (Lipinski definition) is 5. The smallest absolute Gasteiger partial charge is 0.306 e. The van der Waals surface area contributed by atoms with Crippen molar-refractivity contribution >= 4 is 11.9 Å². The Morgan fingerprint density at radius 2 is 0.911 bits per heavy atom. The van der Waals surface area contributed by atoms with Crippen molar-refractivity contribution in [2.45, 2.75) is 264 Å². The zero-order valence-corrected chi connectivity index (χ0v) is 37.3. The normalized spacial score (nSPS) is 13.6. The molecule has 1 amide bonds. The summed E-state index contributed by atoms with van der Waals surface area (Å²) in [6.07, 6.45) is 50.6. The average Bonchev–Trinajstić information content (AvgIpc) is 3.19. The molecule has 0 saturated carbocycles. The minimum atomic E-state index is -0.792. The van der Waals surface area contributed by atoms with E-state index in [0.717, 1.165) is 70.6 Å². The Labute approximate surface area is 347 Å². The zero-order valence-electron chi connectivity index (χ0n) is 37.3. The molecule has 0 rings (SSSR count). The summed E-state index contributed by atoms with van der Waals surface area (Å²) in [7, 11) is 0. The lowest BCUT2D eigenvalue weighted by Gasteiger charge is -2.24. The van der Waals surface area contributed by atoms with E-state index in [1.165, 1.54) is 128 Å². The van der Waals surface area contributed by atoms with Gasteiger partial charge < -0.3 is 20.3 Å². The van der Waals surface area contributed by atoms with E-state index in [2.05, 4.69) is 62.5 Å². The lowest BCUT2D eigenvalue weighted by molar-refractivity contribution is -0.151. The van der Waals surface area contributed by atoms with E-state index in [1.807, 2.05) is 0 Å². The highest BCUT2D eigenvalue weighted by Crippen LogP contribution is 2.17. The monoisotopic (exact) mass is 788 g/mol. The molecule has 0 radical (unpaired) electrons. The Bertz CT molecular complexity index is 930. The van der Waals surface area contributed by atoms with Gasteiger partial charge in [-0.2, -0.15) is 0 Å². The van der Waals surface area contributed by atoms with Gasteiger partial charge in [-0.1, -0.05) is 218 Å². The number of ether oxygens (including phenoxy) is 1. The molecule has 3 unspecified atom stereocenters. The molecule has 328 valence electrons. The molecule has 0 aromatic carbocycles. The van der Waals surface area contributed by atoms with Crippen LogP contribution < -0.4 is 5.32 Å². The van der Waals surface area contributed by atoms with Crippen molar-refractivity contribution in [3.63, 3.8) is 0 Å². The minimum absolute atomic E-state index is 0.0579. The number of esters is 1. The summed E-state index contributed by atoms with van der Waals surface area (Å²) in [6, 6.07) is -0.708. The minimum Gasteiger partial charge on any atom is -0.462 e. The first-order chi connectivity index (χ1) is 27.5. The maximum absolute atomic E-state index is 13.1. The van der Waals surface area contributed by atoms with Crippen LogP contribution in [0.15, 0.2) is 36.5 Å². The topological polar surface area (TPSA) is 95.9 Å². The predicted octanol–water partition coefficient (Wildman–Crippen LogP) is 14.1. The number of aliphatic hydroxyl groups excluding tert-OH is 2. The molecule has 0 saturated heterocycles. The quantitative estimate of drug-likeness (QED) is 0.0325. The van der Waals surface area contributed by atoms with Gasteiger partial charge >= 0.3 is 5.97 Å². The van der Waals surface area contributed by atoms with E-state index in [-0.39, 0.29) is 24.9 Å². The van der Waals surface area contributed by atoms with Gasteiger partial charge in [0.1, 0.15) is 6.10 Å². The Hall–Kier alpha value is -1.92. The van der Waals surface area contributed by atoms with Gasteiger partial charge in [0.05, 0.1) is 25.2 Å². The number of hydrogen-bond donors (Lipinski definition) is 3. The summed E-state index contributed by atoms with van der Waals surface area (Å²) in [5.74, 6) is -0.502. The van der Waals surface area contributed by atoms with Gasteiger partial charge in [-0.15, -0.1) is 0 Å². The number of nitrogens with one attached hydrogen (secondary N) is 1. The molecule has 0 aliphatic carbocycles. The molecule has 6 nitrogen and oxygen atoms in total. The van der Waals surface area contributed by atoms with Gasteiger partial charge in [-0.3, -0.25) is 9.59 Å². The Morgan fingerprint density at radius 3 is 1.38 bits per heavy atom. The third kappa shape index (κ3) is 38.9. The maximum Gasteiger partial charge on any atom is 0.306 e. The number of carbonyl (C=O) groups excluding carboxylic acids is 2. The molecule has 0 aromatic heterocycles. The van der Waals surface area contributed by atoms with Crippen molar-refractivity contribution in [3.8, 4) is 0 Å². The van der Waals surface area contributed by atoms with Crippen LogP contribution in [0.1, 0.15) is 245 Å². The molecule has 0 aliphatic rings. The fraction of sp³-hybridized carbons (Fsp3) is 0.840. The van der Waals surface area contributed by atoms with E-state index >= 15 is 0 Å². The van der Waals surface area contributed by atoms with E-state index in [9.17, 15) is 19.8 Å². The van der Waals surface area contributed by atoms with Crippen molar-refractivity contribution in [3.05, 3.63) is 36.5 Å². The molecule has 3 N–H and O–H groups in total. The van der Waals surface area contributed by atoms with Crippen LogP contribution in [-0.2, 0) is 14.3 Å². The lowest BCUT2D eigenvalue weighted by atomic mass is 10.0. The number of unbranched alkanes of at least 4 members (excludes halogenated alkanes) is 27. The summed E-state index contributed by atoms with van der Waals surface area (Å²) in [6.45, 7) is 6.43. The van der Waals surface area contributed by atoms with E-state index in [1.54, 1.807) is 0 Å². The number of carbonyl (C=O) groups is 2. The van der Waals surface area contributed by atoms with Gasteiger partial charge in [0.2, 0.25) is 5.91 Å². The highest BCUT2D eigenvalue weighted by atomic mass is 16.5. The standard InChI is InChI=1S/C50H93NO5/c1-4-7-10-13-16-19-21-23-24-25-26-27-30-32-35-38-41-46(56-50(55)43-40-37-34-31-28-22-20-17-14-11-8-5-2)44-49(54)51-47(45-52)48(53)42-39-36-33-29-18-15-12-9-6-3/h21,23-27,46-48,52-53H,4-20,22,28-45H2,1-3H3,(H,51,54)/b23-21+,25-24+,27-26+. The molecule has 56 heavy (non-hydrogen) atoms. The summed E-state index contributed by atoms with van der Waals surface area (Å²) in [5.41, 5.74) is 0. The van der Waals surface area contributed by atoms with Gasteiger partial charge in [0.25, 0.3) is 0 Å². The number of rotatable bonds is 43. The predicted molar refractivity (Wildman–Crippen MR) is 241 cm³/mol. The van der Waals surface area contributed by atoms with Gasteiger partial charge in [0.15, 0.2) is 0 Å². The highest BCUT2D eigenvalue weighted by molar-refractivity contribution is 5.77. The third-order valence-electron chi connectivity index (χ3n) is 11.0. The SMILES string of the molecule is CCCCCCC/C=C/C=C/C=C/CCCCCC(CC(=O)NC(CO)C(O)CCCCCCCCCCC)OC(=O)CCCCCCCCCCCCCC. The maximum atomic E-state index is 13.1. The second-order valence-electron chi connectivity index (χ2n) is 16.6. The number of amides is 1. The molecule has 0 aliphatic heterocycles. The molecule has 0 fully saturated rings. The van der Waals surface area contributed by atoms with Crippen LogP contribution in [0.4, 0.5) is 0 Å². The van der Waals surface area contributed by atoms with Gasteiger partial charge in [-0.25, -0.2) is 0 Å². The Balaban J connectivity index is 4.66. The lowest BCUT2D eigenvalue weighted by Crippen LogP contribution is -2.46. The third-order valence-corrected chi connectivity index (χ3v) is 11.0. The summed E-state index contributed by atoms with van der Waals surface area (Å²) in [4.78, 5) is 26.0. The van der Waals surface area contributed by atoms with E-state index in [4.69, 9.17) is 4.74 Å². The van der Waals surface area contributed by atoms with Crippen molar-refractivity contribution in [1.82, 2.24) is 5.32 Å². The summed E-state index contributed by atoms with van der Waals surface area (Å²) >= 11 is 0. The van der Waals surface area contributed by atoms with E-state index < -0.39 is 18.2 Å². The van der Waals surface area contributed by atoms with E-state index in [0.29, 0.717) is 19.3 Å². The fourth-order valence-corrected chi connectivity index (χ4v) is 7.31. The molecule has 6 heteroatoms. The van der Waals surface area contributed by atoms with Crippen LogP contribution in [-0.4, -0.2) is 46.9 Å². The Kier molecular flexibility index (Phi) is 42.7. The molecule has 0 bridgehead atoms. The van der Waals surface area contributed by atoms with Crippen LogP contribution in [0.3, 0.4) is 0 Å². The molecule has 0 spiro atoms. The van der Waals surface area contributed by atoms with Crippen molar-refractivity contribution < 1.29 is 24.5 Å². The van der Waals surface area contributed by atoms with Crippen molar-refractivity contribution in [2.24, 2.45) is 0 Å². The largest absolute Gasteiger partial charge is 0.462 e. The van der Waals surface area contributed by atoms with Crippen LogP contribution >= 0.6 is 0 Å². The van der Waals surface area contributed by atoms with Crippen LogP contribution in [0.2, 0.25) is 0 Å². The van der Waals surface area contributed by atoms with Crippen LogP contribution in [0.5, 0.6) is 0 Å². The van der Waals surface area contributed by atoms with Crippen molar-refractivity contribution in [2.75, 3.05) is 6.61 Å². The summed E-state index contributed by atoms with van der Waals surface area (Å²) < 4.78 is 5.90.